The van der Waals surface area contributed by atoms with Crippen molar-refractivity contribution < 1.29 is 18.3 Å². The van der Waals surface area contributed by atoms with E-state index in [-0.39, 0.29) is 11.2 Å². The second-order valence-corrected chi connectivity index (χ2v) is 6.49. The Hall–Kier alpha value is -2.27. The van der Waals surface area contributed by atoms with Crippen molar-refractivity contribution >= 4 is 6.08 Å². The highest BCUT2D eigenvalue weighted by Crippen LogP contribution is 2.31. The Morgan fingerprint density at radius 3 is 2.50 bits per heavy atom. The number of hydrogen-bond donors (Lipinski definition) is 0. The van der Waals surface area contributed by atoms with Crippen molar-refractivity contribution in [2.45, 2.75) is 26.9 Å². The fraction of sp³-hybridized carbons (Fsp3) is 0.316. The summed E-state index contributed by atoms with van der Waals surface area (Å²) in [4.78, 5) is 4.06. The first-order valence-electron chi connectivity index (χ1n) is 7.58. The molecule has 0 radical (unpaired) electrons. The van der Waals surface area contributed by atoms with E-state index in [1.165, 1.54) is 6.07 Å². The van der Waals surface area contributed by atoms with Gasteiger partial charge in [-0.3, -0.25) is 4.98 Å². The number of aromatic nitrogens is 1. The zero-order chi connectivity index (χ0) is 17.7. The molecule has 1 aromatic carbocycles. The summed E-state index contributed by atoms with van der Waals surface area (Å²) < 4.78 is 38.4. The molecular weight excluding hydrogens is 312 g/mol. The molecule has 0 amide bonds. The molecule has 0 aliphatic rings. The van der Waals surface area contributed by atoms with Gasteiger partial charge in [0.15, 0.2) is 11.6 Å². The van der Waals surface area contributed by atoms with E-state index in [1.807, 2.05) is 26.8 Å². The Kier molecular flexibility index (Phi) is 5.67. The van der Waals surface area contributed by atoms with E-state index < -0.39 is 17.7 Å². The molecule has 0 saturated heterocycles. The van der Waals surface area contributed by atoms with E-state index in [0.29, 0.717) is 5.76 Å². The third kappa shape index (κ3) is 4.61. The van der Waals surface area contributed by atoms with Crippen LogP contribution >= 0.6 is 0 Å². The largest absolute Gasteiger partial charge is 0.456 e. The second kappa shape index (κ2) is 7.53. The van der Waals surface area contributed by atoms with Crippen molar-refractivity contribution in [2.24, 2.45) is 5.41 Å². The lowest BCUT2D eigenvalue weighted by Gasteiger charge is -2.31. The van der Waals surface area contributed by atoms with Gasteiger partial charge in [-0.25, -0.2) is 8.78 Å². The lowest BCUT2D eigenvalue weighted by molar-refractivity contribution is 0.0202. The molecule has 0 spiro atoms. The maximum atomic E-state index is 14.0. The van der Waals surface area contributed by atoms with Crippen LogP contribution in [0.15, 0.2) is 48.5 Å². The summed E-state index contributed by atoms with van der Waals surface area (Å²) in [5.41, 5.74) is 0.501. The lowest BCUT2D eigenvalue weighted by atomic mass is 9.87. The van der Waals surface area contributed by atoms with E-state index in [1.54, 1.807) is 31.6 Å². The third-order valence-corrected chi connectivity index (χ3v) is 3.40. The molecule has 3 nitrogen and oxygen atoms in total. The van der Waals surface area contributed by atoms with Crippen LogP contribution in [0, 0.1) is 17.0 Å². The zero-order valence-corrected chi connectivity index (χ0v) is 14.2. The van der Waals surface area contributed by atoms with Gasteiger partial charge in [0.25, 0.3) is 0 Å². The molecule has 1 atom stereocenters. The summed E-state index contributed by atoms with van der Waals surface area (Å²) in [7, 11) is 1.57. The molecule has 2 rings (SSSR count). The van der Waals surface area contributed by atoms with Crippen LogP contribution in [0.4, 0.5) is 8.78 Å². The molecule has 1 heterocycles. The van der Waals surface area contributed by atoms with Gasteiger partial charge < -0.3 is 9.47 Å². The molecule has 0 aliphatic carbocycles. The van der Waals surface area contributed by atoms with Gasteiger partial charge in [-0.15, -0.1) is 0 Å². The lowest BCUT2D eigenvalue weighted by Crippen LogP contribution is -2.32. The first kappa shape index (κ1) is 18.1. The minimum atomic E-state index is -0.768. The van der Waals surface area contributed by atoms with Gasteiger partial charge in [-0.2, -0.15) is 0 Å². The van der Waals surface area contributed by atoms with Gasteiger partial charge in [0.1, 0.15) is 17.7 Å². The van der Waals surface area contributed by atoms with Gasteiger partial charge in [0, 0.05) is 25.6 Å². The number of nitrogens with zero attached hydrogens (tertiary/aromatic N) is 1. The number of hydrogen-bond acceptors (Lipinski definition) is 3. The maximum absolute atomic E-state index is 14.0. The highest BCUT2D eigenvalue weighted by molar-refractivity contribution is 5.52. The van der Waals surface area contributed by atoms with Crippen LogP contribution in [0.1, 0.15) is 26.3 Å². The molecule has 0 bridgehead atoms. The second-order valence-electron chi connectivity index (χ2n) is 6.49. The van der Waals surface area contributed by atoms with Crippen LogP contribution in [-0.2, 0) is 4.74 Å². The quantitative estimate of drug-likeness (QED) is 0.734. The molecule has 24 heavy (non-hydrogen) atoms. The number of methoxy groups -OCH3 is 1. The van der Waals surface area contributed by atoms with Crippen molar-refractivity contribution in [3.63, 3.8) is 0 Å². The minimum Gasteiger partial charge on any atom is -0.456 e. The van der Waals surface area contributed by atoms with Gasteiger partial charge in [0.05, 0.1) is 0 Å². The topological polar surface area (TPSA) is 31.4 Å². The summed E-state index contributed by atoms with van der Waals surface area (Å²) in [6, 6.07) is 6.85. The van der Waals surface area contributed by atoms with Crippen LogP contribution in [-0.4, -0.2) is 18.2 Å². The fourth-order valence-corrected chi connectivity index (χ4v) is 2.37. The van der Waals surface area contributed by atoms with Crippen LogP contribution in [0.25, 0.3) is 6.08 Å². The van der Waals surface area contributed by atoms with Crippen LogP contribution in [0.3, 0.4) is 0 Å². The van der Waals surface area contributed by atoms with E-state index in [9.17, 15) is 8.78 Å². The summed E-state index contributed by atoms with van der Waals surface area (Å²) in [5.74, 6) is -1.06. The normalized spacial score (nSPS) is 13.7. The summed E-state index contributed by atoms with van der Waals surface area (Å²) >= 11 is 0. The first-order chi connectivity index (χ1) is 11.3. The predicted octanol–water partition coefficient (Wildman–Crippen LogP) is 4.84. The summed E-state index contributed by atoms with van der Waals surface area (Å²) in [6.45, 7) is 5.97. The number of halogens is 2. The minimum absolute atomic E-state index is 0.0576. The summed E-state index contributed by atoms with van der Waals surface area (Å²) in [6.07, 6.45) is 4.64. The standard InChI is InChI=1S/C19H21F2NO2/c1-19(2,3)18(23-4)17(10-13-6-5-9-22-12-13)24-16-8-7-14(20)11-15(16)21/h5-12,18H,1-4H3/b17-10+. The molecule has 5 heteroatoms. The summed E-state index contributed by atoms with van der Waals surface area (Å²) in [5, 5.41) is 0. The van der Waals surface area contributed by atoms with E-state index in [0.717, 1.165) is 17.7 Å². The monoisotopic (exact) mass is 333 g/mol. The molecule has 0 aliphatic heterocycles. The molecule has 0 N–H and O–H groups in total. The number of benzene rings is 1. The first-order valence-corrected chi connectivity index (χ1v) is 7.58. The van der Waals surface area contributed by atoms with Gasteiger partial charge >= 0.3 is 0 Å². The predicted molar refractivity (Wildman–Crippen MR) is 89.5 cm³/mol. The molecular formula is C19H21F2NO2. The zero-order valence-electron chi connectivity index (χ0n) is 14.2. The third-order valence-electron chi connectivity index (χ3n) is 3.40. The number of pyridine rings is 1. The molecule has 1 unspecified atom stereocenters. The van der Waals surface area contributed by atoms with Crippen molar-refractivity contribution in [3.8, 4) is 5.75 Å². The van der Waals surface area contributed by atoms with Gasteiger partial charge in [-0.1, -0.05) is 26.8 Å². The fourth-order valence-electron chi connectivity index (χ4n) is 2.37. The average Bonchev–Trinajstić information content (AvgIpc) is 2.50. The Morgan fingerprint density at radius 1 is 1.21 bits per heavy atom. The van der Waals surface area contributed by atoms with Gasteiger partial charge in [-0.05, 0) is 35.3 Å². The SMILES string of the molecule is COC(/C(=C\c1cccnc1)Oc1ccc(F)cc1F)C(C)(C)C. The maximum Gasteiger partial charge on any atom is 0.168 e. The molecule has 0 saturated carbocycles. The number of rotatable bonds is 5. The Morgan fingerprint density at radius 2 is 1.96 bits per heavy atom. The van der Waals surface area contributed by atoms with Crippen molar-refractivity contribution in [3.05, 3.63) is 65.7 Å². The number of ether oxygens (including phenoxy) is 2. The Balaban J connectivity index is 2.44. The van der Waals surface area contributed by atoms with E-state index in [4.69, 9.17) is 9.47 Å². The van der Waals surface area contributed by atoms with E-state index in [2.05, 4.69) is 4.98 Å². The van der Waals surface area contributed by atoms with Crippen LogP contribution in [0.2, 0.25) is 0 Å². The smallest absolute Gasteiger partial charge is 0.168 e. The van der Waals surface area contributed by atoms with E-state index >= 15 is 0 Å². The Labute approximate surface area is 140 Å². The van der Waals surface area contributed by atoms with Crippen molar-refractivity contribution in [1.82, 2.24) is 4.98 Å². The van der Waals surface area contributed by atoms with Gasteiger partial charge in [0.2, 0.25) is 0 Å². The highest BCUT2D eigenvalue weighted by Gasteiger charge is 2.30. The Bertz CT molecular complexity index is 709. The average molecular weight is 333 g/mol. The molecule has 2 aromatic rings. The van der Waals surface area contributed by atoms with Crippen molar-refractivity contribution in [1.29, 1.82) is 0 Å². The molecule has 1 aromatic heterocycles. The molecule has 0 fully saturated rings. The van der Waals surface area contributed by atoms with Crippen LogP contribution < -0.4 is 4.74 Å². The molecule has 128 valence electrons. The highest BCUT2D eigenvalue weighted by atomic mass is 19.1. The van der Waals surface area contributed by atoms with Crippen molar-refractivity contribution in [2.75, 3.05) is 7.11 Å². The van der Waals surface area contributed by atoms with Crippen LogP contribution in [0.5, 0.6) is 5.75 Å².